The molecule has 2 aromatic carbocycles. The lowest BCUT2D eigenvalue weighted by Gasteiger charge is -2.08. The lowest BCUT2D eigenvalue weighted by molar-refractivity contribution is 0.387. The zero-order chi connectivity index (χ0) is 13.9. The summed E-state index contributed by atoms with van der Waals surface area (Å²) in [4.78, 5) is 0. The molecule has 0 unspecified atom stereocenters. The first-order valence-electron chi connectivity index (χ1n) is 6.30. The molecule has 3 nitrogen and oxygen atoms in total. The van der Waals surface area contributed by atoms with E-state index in [1.165, 1.54) is 13.2 Å². The summed E-state index contributed by atoms with van der Waals surface area (Å²) in [5.41, 5.74) is 2.72. The molecule has 102 valence electrons. The number of hydrogen-bond donors (Lipinski definition) is 1. The Morgan fingerprint density at radius 1 is 1.20 bits per heavy atom. The van der Waals surface area contributed by atoms with E-state index in [4.69, 9.17) is 9.15 Å². The van der Waals surface area contributed by atoms with Crippen LogP contribution in [0.15, 0.2) is 53.1 Å². The van der Waals surface area contributed by atoms with Gasteiger partial charge in [-0.25, -0.2) is 4.39 Å². The van der Waals surface area contributed by atoms with E-state index in [-0.39, 0.29) is 11.6 Å². The van der Waals surface area contributed by atoms with E-state index in [0.717, 1.165) is 22.2 Å². The van der Waals surface area contributed by atoms with E-state index in [1.54, 1.807) is 18.4 Å². The first-order valence-corrected chi connectivity index (χ1v) is 6.30. The van der Waals surface area contributed by atoms with Gasteiger partial charge in [-0.15, -0.1) is 0 Å². The van der Waals surface area contributed by atoms with Crippen LogP contribution in [-0.4, -0.2) is 7.11 Å². The molecule has 1 N–H and O–H groups in total. The lowest BCUT2D eigenvalue weighted by atomic mass is 10.2. The molecule has 0 aliphatic rings. The summed E-state index contributed by atoms with van der Waals surface area (Å²) >= 11 is 0. The quantitative estimate of drug-likeness (QED) is 0.772. The fourth-order valence-corrected chi connectivity index (χ4v) is 2.14. The Morgan fingerprint density at radius 2 is 2.05 bits per heavy atom. The van der Waals surface area contributed by atoms with Gasteiger partial charge in [0.15, 0.2) is 11.6 Å². The van der Waals surface area contributed by atoms with Crippen molar-refractivity contribution in [1.82, 2.24) is 0 Å². The number of halogens is 1. The Balaban J connectivity index is 1.79. The molecule has 0 aliphatic heterocycles. The van der Waals surface area contributed by atoms with Crippen LogP contribution >= 0.6 is 0 Å². The number of hydrogen-bond acceptors (Lipinski definition) is 3. The number of furan rings is 1. The fourth-order valence-electron chi connectivity index (χ4n) is 2.14. The van der Waals surface area contributed by atoms with Crippen molar-refractivity contribution in [2.45, 2.75) is 6.54 Å². The predicted octanol–water partition coefficient (Wildman–Crippen LogP) is 4.19. The van der Waals surface area contributed by atoms with Crippen LogP contribution in [0, 0.1) is 5.82 Å². The molecule has 3 rings (SSSR count). The van der Waals surface area contributed by atoms with Gasteiger partial charge in [-0.2, -0.15) is 0 Å². The number of benzene rings is 2. The molecular weight excluding hydrogens is 257 g/mol. The molecule has 0 bridgehead atoms. The predicted molar refractivity (Wildman–Crippen MR) is 76.5 cm³/mol. The first kappa shape index (κ1) is 12.5. The smallest absolute Gasteiger partial charge is 0.165 e. The highest BCUT2D eigenvalue weighted by Crippen LogP contribution is 2.24. The molecule has 0 aliphatic carbocycles. The molecular formula is C16H14FNO2. The van der Waals surface area contributed by atoms with Gasteiger partial charge >= 0.3 is 0 Å². The van der Waals surface area contributed by atoms with Crippen molar-refractivity contribution in [3.8, 4) is 5.75 Å². The van der Waals surface area contributed by atoms with Gasteiger partial charge in [0.2, 0.25) is 0 Å². The third kappa shape index (κ3) is 2.32. The fraction of sp³-hybridized carbons (Fsp3) is 0.125. The highest BCUT2D eigenvalue weighted by Gasteiger charge is 2.06. The summed E-state index contributed by atoms with van der Waals surface area (Å²) in [6.07, 6.45) is 1.73. The van der Waals surface area contributed by atoms with Crippen LogP contribution < -0.4 is 10.1 Å². The molecule has 1 heterocycles. The van der Waals surface area contributed by atoms with Gasteiger partial charge in [-0.3, -0.25) is 0 Å². The van der Waals surface area contributed by atoms with Gasteiger partial charge in [-0.1, -0.05) is 18.2 Å². The second kappa shape index (κ2) is 5.25. The second-order valence-corrected chi connectivity index (χ2v) is 4.46. The van der Waals surface area contributed by atoms with Gasteiger partial charge in [0.25, 0.3) is 0 Å². The first-order chi connectivity index (χ1) is 9.78. The van der Waals surface area contributed by atoms with Crippen LogP contribution in [0.1, 0.15) is 5.56 Å². The molecule has 0 spiro atoms. The zero-order valence-corrected chi connectivity index (χ0v) is 11.0. The SMILES string of the molecule is COc1cc(NCc2coc3ccccc23)ccc1F. The number of para-hydroxylation sites is 1. The molecule has 1 aromatic heterocycles. The van der Waals surface area contributed by atoms with E-state index in [2.05, 4.69) is 5.32 Å². The minimum Gasteiger partial charge on any atom is -0.494 e. The Hall–Kier alpha value is -2.49. The topological polar surface area (TPSA) is 34.4 Å². The molecule has 4 heteroatoms. The Kier molecular flexibility index (Phi) is 3.29. The number of rotatable bonds is 4. The highest BCUT2D eigenvalue weighted by molar-refractivity contribution is 5.81. The number of fused-ring (bicyclic) bond motifs is 1. The van der Waals surface area contributed by atoms with E-state index < -0.39 is 0 Å². The Morgan fingerprint density at radius 3 is 2.90 bits per heavy atom. The number of nitrogens with one attached hydrogen (secondary N) is 1. The summed E-state index contributed by atoms with van der Waals surface area (Å²) in [5.74, 6) is -0.140. The van der Waals surface area contributed by atoms with Crippen molar-refractivity contribution >= 4 is 16.7 Å². The zero-order valence-electron chi connectivity index (χ0n) is 11.0. The highest BCUT2D eigenvalue weighted by atomic mass is 19.1. The van der Waals surface area contributed by atoms with E-state index in [9.17, 15) is 4.39 Å². The van der Waals surface area contributed by atoms with Gasteiger partial charge < -0.3 is 14.5 Å². The number of methoxy groups -OCH3 is 1. The number of anilines is 1. The Labute approximate surface area is 116 Å². The van der Waals surface area contributed by atoms with Gasteiger partial charge in [0, 0.05) is 29.2 Å². The van der Waals surface area contributed by atoms with Crippen LogP contribution in [0.2, 0.25) is 0 Å². The Bertz CT molecular complexity index is 736. The van der Waals surface area contributed by atoms with Gasteiger partial charge in [0.1, 0.15) is 5.58 Å². The molecule has 0 radical (unpaired) electrons. The third-order valence-electron chi connectivity index (χ3n) is 3.20. The van der Waals surface area contributed by atoms with Crippen molar-refractivity contribution in [2.24, 2.45) is 0 Å². The van der Waals surface area contributed by atoms with E-state index >= 15 is 0 Å². The molecule has 0 atom stereocenters. The maximum absolute atomic E-state index is 13.3. The molecule has 0 saturated heterocycles. The van der Waals surface area contributed by atoms with Crippen molar-refractivity contribution in [2.75, 3.05) is 12.4 Å². The molecule has 0 saturated carbocycles. The van der Waals surface area contributed by atoms with Crippen LogP contribution in [0.5, 0.6) is 5.75 Å². The summed E-state index contributed by atoms with van der Waals surface area (Å²) < 4.78 is 23.8. The maximum atomic E-state index is 13.3. The van der Waals surface area contributed by atoms with Gasteiger partial charge in [-0.05, 0) is 18.2 Å². The van der Waals surface area contributed by atoms with Crippen molar-refractivity contribution in [1.29, 1.82) is 0 Å². The second-order valence-electron chi connectivity index (χ2n) is 4.46. The number of ether oxygens (including phenoxy) is 1. The third-order valence-corrected chi connectivity index (χ3v) is 3.20. The molecule has 20 heavy (non-hydrogen) atoms. The maximum Gasteiger partial charge on any atom is 0.165 e. The standard InChI is InChI=1S/C16H14FNO2/c1-19-16-8-12(6-7-14(16)17)18-9-11-10-20-15-5-3-2-4-13(11)15/h2-8,10,18H,9H2,1H3. The van der Waals surface area contributed by atoms with Gasteiger partial charge in [0.05, 0.1) is 13.4 Å². The van der Waals surface area contributed by atoms with Crippen molar-refractivity contribution < 1.29 is 13.5 Å². The molecule has 3 aromatic rings. The normalized spacial score (nSPS) is 10.7. The summed E-state index contributed by atoms with van der Waals surface area (Å²) in [5, 5.41) is 4.31. The minimum atomic E-state index is -0.369. The molecule has 0 fully saturated rings. The van der Waals surface area contributed by atoms with Crippen molar-refractivity contribution in [3.05, 3.63) is 60.1 Å². The minimum absolute atomic E-state index is 0.229. The summed E-state index contributed by atoms with van der Waals surface area (Å²) in [7, 11) is 1.45. The van der Waals surface area contributed by atoms with Crippen LogP contribution in [0.25, 0.3) is 11.0 Å². The van der Waals surface area contributed by atoms with Crippen LogP contribution in [-0.2, 0) is 6.54 Å². The van der Waals surface area contributed by atoms with Crippen molar-refractivity contribution in [3.63, 3.8) is 0 Å². The largest absolute Gasteiger partial charge is 0.494 e. The van der Waals surface area contributed by atoms with E-state index in [0.29, 0.717) is 6.54 Å². The van der Waals surface area contributed by atoms with Crippen LogP contribution in [0.4, 0.5) is 10.1 Å². The van der Waals surface area contributed by atoms with Crippen LogP contribution in [0.3, 0.4) is 0 Å². The lowest BCUT2D eigenvalue weighted by Crippen LogP contribution is -1.99. The summed E-state index contributed by atoms with van der Waals surface area (Å²) in [6, 6.07) is 12.6. The average Bonchev–Trinajstić information content (AvgIpc) is 2.90. The summed E-state index contributed by atoms with van der Waals surface area (Å²) in [6.45, 7) is 0.603. The average molecular weight is 271 g/mol. The monoisotopic (exact) mass is 271 g/mol. The molecule has 0 amide bonds. The van der Waals surface area contributed by atoms with E-state index in [1.807, 2.05) is 24.3 Å².